The molecule has 1 aliphatic heterocycles. The predicted molar refractivity (Wildman–Crippen MR) is 110 cm³/mol. The number of hydrogen-bond donors (Lipinski definition) is 2. The van der Waals surface area contributed by atoms with Crippen LogP contribution >= 0.6 is 47.5 Å². The van der Waals surface area contributed by atoms with E-state index in [9.17, 15) is 0 Å². The molecule has 3 nitrogen and oxygen atoms in total. The second-order valence-corrected chi connectivity index (χ2v) is 8.24. The van der Waals surface area contributed by atoms with Crippen molar-refractivity contribution in [2.75, 3.05) is 31.4 Å². The molecule has 2 unspecified atom stereocenters. The molecule has 0 radical (unpaired) electrons. The highest BCUT2D eigenvalue weighted by molar-refractivity contribution is 14.0. The van der Waals surface area contributed by atoms with E-state index in [4.69, 9.17) is 0 Å². The van der Waals surface area contributed by atoms with E-state index in [0.29, 0.717) is 6.04 Å². The van der Waals surface area contributed by atoms with Gasteiger partial charge in [-0.15, -0.1) is 24.0 Å². The zero-order valence-electron chi connectivity index (χ0n) is 13.3. The Morgan fingerprint density at radius 3 is 2.67 bits per heavy atom. The summed E-state index contributed by atoms with van der Waals surface area (Å²) in [6, 6.07) is 0.606. The number of nitrogens with one attached hydrogen (secondary N) is 2. The molecule has 6 heteroatoms. The summed E-state index contributed by atoms with van der Waals surface area (Å²) in [6.45, 7) is 1.08. The maximum Gasteiger partial charge on any atom is 0.191 e. The van der Waals surface area contributed by atoms with Gasteiger partial charge in [-0.1, -0.05) is 6.42 Å². The van der Waals surface area contributed by atoms with Crippen LogP contribution in [-0.4, -0.2) is 48.6 Å². The molecule has 124 valence electrons. The lowest BCUT2D eigenvalue weighted by Gasteiger charge is -2.30. The number of thioether (sulfide) groups is 2. The average Bonchev–Trinajstić information content (AvgIpc) is 2.52. The van der Waals surface area contributed by atoms with E-state index < -0.39 is 0 Å². The first-order valence-corrected chi connectivity index (χ1v) is 10.3. The second kappa shape index (κ2) is 11.3. The first-order chi connectivity index (χ1) is 9.81. The first kappa shape index (κ1) is 19.7. The van der Waals surface area contributed by atoms with Crippen molar-refractivity contribution in [1.29, 1.82) is 0 Å². The van der Waals surface area contributed by atoms with Crippen molar-refractivity contribution < 1.29 is 0 Å². The Kier molecular flexibility index (Phi) is 10.6. The van der Waals surface area contributed by atoms with Gasteiger partial charge >= 0.3 is 0 Å². The van der Waals surface area contributed by atoms with Gasteiger partial charge in [0.25, 0.3) is 0 Å². The molecule has 2 atom stereocenters. The van der Waals surface area contributed by atoms with Crippen LogP contribution in [-0.2, 0) is 0 Å². The predicted octanol–water partition coefficient (Wildman–Crippen LogP) is 3.59. The monoisotopic (exact) mass is 443 g/mol. The summed E-state index contributed by atoms with van der Waals surface area (Å²) < 4.78 is 0. The lowest BCUT2D eigenvalue weighted by atomic mass is 9.95. The van der Waals surface area contributed by atoms with Gasteiger partial charge in [0.05, 0.1) is 0 Å². The van der Waals surface area contributed by atoms with E-state index in [1.807, 2.05) is 18.8 Å². The highest BCUT2D eigenvalue weighted by Gasteiger charge is 2.22. The van der Waals surface area contributed by atoms with Gasteiger partial charge < -0.3 is 10.6 Å². The van der Waals surface area contributed by atoms with Crippen molar-refractivity contribution in [1.82, 2.24) is 10.6 Å². The minimum atomic E-state index is 0. The number of guanidine groups is 1. The minimum Gasteiger partial charge on any atom is -0.356 e. The van der Waals surface area contributed by atoms with Crippen LogP contribution in [0.15, 0.2) is 4.99 Å². The van der Waals surface area contributed by atoms with Gasteiger partial charge in [0.2, 0.25) is 0 Å². The van der Waals surface area contributed by atoms with E-state index in [1.54, 1.807) is 0 Å². The molecular weight excluding hydrogens is 413 g/mol. The second-order valence-electron chi connectivity index (χ2n) is 5.87. The van der Waals surface area contributed by atoms with Crippen LogP contribution in [0.25, 0.3) is 0 Å². The van der Waals surface area contributed by atoms with Crippen LogP contribution in [0.4, 0.5) is 0 Å². The molecule has 0 aromatic rings. The smallest absolute Gasteiger partial charge is 0.191 e. The fourth-order valence-corrected chi connectivity index (χ4v) is 5.10. The molecule has 2 aliphatic rings. The summed E-state index contributed by atoms with van der Waals surface area (Å²) >= 11 is 4.11. The highest BCUT2D eigenvalue weighted by Crippen LogP contribution is 2.27. The van der Waals surface area contributed by atoms with Crippen molar-refractivity contribution in [2.24, 2.45) is 10.9 Å². The van der Waals surface area contributed by atoms with Gasteiger partial charge in [-0.3, -0.25) is 4.99 Å². The van der Waals surface area contributed by atoms with Crippen LogP contribution in [0, 0.1) is 5.92 Å². The summed E-state index contributed by atoms with van der Waals surface area (Å²) in [6.07, 6.45) is 10.2. The summed E-state index contributed by atoms with van der Waals surface area (Å²) in [5.41, 5.74) is 0. The third-order valence-electron chi connectivity index (χ3n) is 4.42. The summed E-state index contributed by atoms with van der Waals surface area (Å²) in [7, 11) is 1.89. The third-order valence-corrected chi connectivity index (χ3v) is 6.57. The molecule has 1 saturated carbocycles. The van der Waals surface area contributed by atoms with Crippen LogP contribution in [0.2, 0.25) is 0 Å². The zero-order chi connectivity index (χ0) is 14.2. The molecule has 0 bridgehead atoms. The molecule has 2 fully saturated rings. The summed E-state index contributed by atoms with van der Waals surface area (Å²) in [5.74, 6) is 4.50. The van der Waals surface area contributed by atoms with Crippen molar-refractivity contribution in [3.8, 4) is 0 Å². The third kappa shape index (κ3) is 7.20. The average molecular weight is 443 g/mol. The Hall–Kier alpha value is 0.700. The number of halogens is 1. The van der Waals surface area contributed by atoms with Crippen LogP contribution in [0.3, 0.4) is 0 Å². The molecule has 0 amide bonds. The number of rotatable bonds is 4. The molecule has 0 spiro atoms. The molecule has 1 heterocycles. The Morgan fingerprint density at radius 2 is 2.00 bits per heavy atom. The Morgan fingerprint density at radius 1 is 1.24 bits per heavy atom. The van der Waals surface area contributed by atoms with Gasteiger partial charge in [-0.25, -0.2) is 0 Å². The maximum atomic E-state index is 4.40. The molecular formula is C15H30IN3S2. The first-order valence-electron chi connectivity index (χ1n) is 7.89. The van der Waals surface area contributed by atoms with Gasteiger partial charge in [0.15, 0.2) is 5.96 Å². The zero-order valence-corrected chi connectivity index (χ0v) is 17.2. The lowest BCUT2D eigenvalue weighted by molar-refractivity contribution is 0.415. The quantitative estimate of drug-likeness (QED) is 0.396. The summed E-state index contributed by atoms with van der Waals surface area (Å²) in [4.78, 5) is 4.40. The Bertz CT molecular complexity index is 309. The van der Waals surface area contributed by atoms with Gasteiger partial charge in [0.1, 0.15) is 0 Å². The van der Waals surface area contributed by atoms with Gasteiger partial charge in [-0.05, 0) is 55.8 Å². The van der Waals surface area contributed by atoms with Crippen molar-refractivity contribution in [3.05, 3.63) is 0 Å². The summed E-state index contributed by atoms with van der Waals surface area (Å²) in [5, 5.41) is 8.00. The molecule has 2 rings (SSSR count). The normalized spacial score (nSPS) is 27.8. The van der Waals surface area contributed by atoms with E-state index in [0.717, 1.165) is 23.7 Å². The fourth-order valence-electron chi connectivity index (χ4n) is 3.07. The molecule has 0 aromatic carbocycles. The highest BCUT2D eigenvalue weighted by atomic mass is 127. The van der Waals surface area contributed by atoms with Gasteiger partial charge in [-0.2, -0.15) is 23.5 Å². The largest absolute Gasteiger partial charge is 0.356 e. The number of hydrogen-bond acceptors (Lipinski definition) is 3. The van der Waals surface area contributed by atoms with Gasteiger partial charge in [0, 0.05) is 24.9 Å². The van der Waals surface area contributed by atoms with E-state index in [1.165, 1.54) is 50.0 Å². The standard InChI is InChI=1S/C15H29N3S2.HI/c1-16-15(17-11-12-6-8-20-9-7-12)18-13-4-3-5-14(10-13)19-2;/h12-14H,3-11H2,1-2H3,(H2,16,17,18);1H. The Labute approximate surface area is 155 Å². The van der Waals surface area contributed by atoms with Crippen molar-refractivity contribution in [2.45, 2.75) is 49.8 Å². The van der Waals surface area contributed by atoms with Crippen LogP contribution < -0.4 is 10.6 Å². The van der Waals surface area contributed by atoms with Crippen LogP contribution in [0.5, 0.6) is 0 Å². The topological polar surface area (TPSA) is 36.4 Å². The van der Waals surface area contributed by atoms with Crippen molar-refractivity contribution >= 4 is 53.5 Å². The van der Waals surface area contributed by atoms with Crippen LogP contribution in [0.1, 0.15) is 38.5 Å². The minimum absolute atomic E-state index is 0. The Balaban J connectivity index is 0.00000220. The molecule has 0 aromatic heterocycles. The van der Waals surface area contributed by atoms with E-state index in [-0.39, 0.29) is 24.0 Å². The van der Waals surface area contributed by atoms with E-state index >= 15 is 0 Å². The number of nitrogens with zero attached hydrogens (tertiary/aromatic N) is 1. The molecule has 2 N–H and O–H groups in total. The number of aliphatic imine (C=N–C) groups is 1. The molecule has 21 heavy (non-hydrogen) atoms. The molecule has 1 saturated heterocycles. The van der Waals surface area contributed by atoms with E-state index in [2.05, 4.69) is 33.6 Å². The lowest BCUT2D eigenvalue weighted by Crippen LogP contribution is -2.47. The fraction of sp³-hybridized carbons (Fsp3) is 0.933. The van der Waals surface area contributed by atoms with Crippen molar-refractivity contribution in [3.63, 3.8) is 0 Å². The SMILES string of the molecule is CN=C(NCC1CCSCC1)NC1CCCC(SC)C1.I. The maximum absolute atomic E-state index is 4.40. The molecule has 1 aliphatic carbocycles.